The van der Waals surface area contributed by atoms with Crippen molar-refractivity contribution in [3.63, 3.8) is 0 Å². The molecule has 3 nitrogen and oxygen atoms in total. The van der Waals surface area contributed by atoms with E-state index < -0.39 is 0 Å². The Balaban J connectivity index is 1.78. The minimum atomic E-state index is 0.232. The van der Waals surface area contributed by atoms with Crippen LogP contribution in [-0.2, 0) is 4.74 Å². The lowest BCUT2D eigenvalue weighted by Crippen LogP contribution is -2.29. The Morgan fingerprint density at radius 2 is 2.00 bits per heavy atom. The van der Waals surface area contributed by atoms with Crippen molar-refractivity contribution in [1.29, 1.82) is 0 Å². The molecule has 0 bridgehead atoms. The maximum atomic E-state index is 8.50. The summed E-state index contributed by atoms with van der Waals surface area (Å²) in [5.74, 6) is 0. The minimum Gasteiger partial charge on any atom is -0.396 e. The predicted molar refractivity (Wildman–Crippen MR) is 52.8 cm³/mol. The van der Waals surface area contributed by atoms with Crippen LogP contribution in [0.25, 0.3) is 0 Å². The zero-order chi connectivity index (χ0) is 9.36. The highest BCUT2D eigenvalue weighted by atomic mass is 16.5. The van der Waals surface area contributed by atoms with Crippen LogP contribution >= 0.6 is 0 Å². The van der Waals surface area contributed by atoms with Crippen LogP contribution in [-0.4, -0.2) is 37.5 Å². The SMILES string of the molecule is OCCCOCCNC1CCCC1. The van der Waals surface area contributed by atoms with Crippen LogP contribution in [0.15, 0.2) is 0 Å². The fraction of sp³-hybridized carbons (Fsp3) is 1.00. The van der Waals surface area contributed by atoms with Crippen LogP contribution in [0.2, 0.25) is 0 Å². The molecule has 1 saturated carbocycles. The second kappa shape index (κ2) is 7.30. The van der Waals surface area contributed by atoms with Crippen LogP contribution in [0, 0.1) is 0 Å². The average Bonchev–Trinajstić information content (AvgIpc) is 2.63. The summed E-state index contributed by atoms with van der Waals surface area (Å²) in [6.45, 7) is 2.64. The predicted octanol–water partition coefficient (Wildman–Crippen LogP) is 0.918. The lowest BCUT2D eigenvalue weighted by molar-refractivity contribution is 0.116. The van der Waals surface area contributed by atoms with Crippen LogP contribution in [0.3, 0.4) is 0 Å². The van der Waals surface area contributed by atoms with E-state index in [1.54, 1.807) is 0 Å². The van der Waals surface area contributed by atoms with Crippen molar-refractivity contribution >= 4 is 0 Å². The molecular weight excluding hydrogens is 166 g/mol. The molecule has 0 spiro atoms. The van der Waals surface area contributed by atoms with E-state index in [0.29, 0.717) is 6.61 Å². The van der Waals surface area contributed by atoms with Gasteiger partial charge >= 0.3 is 0 Å². The number of hydrogen-bond donors (Lipinski definition) is 2. The van der Waals surface area contributed by atoms with Crippen molar-refractivity contribution in [2.75, 3.05) is 26.4 Å². The molecule has 0 saturated heterocycles. The molecule has 0 amide bonds. The number of aliphatic hydroxyl groups is 1. The van der Waals surface area contributed by atoms with Gasteiger partial charge in [-0.15, -0.1) is 0 Å². The third kappa shape index (κ3) is 5.24. The fourth-order valence-electron chi connectivity index (χ4n) is 1.73. The molecule has 2 N–H and O–H groups in total. The molecule has 0 aromatic heterocycles. The second-order valence-corrected chi connectivity index (χ2v) is 3.63. The molecule has 1 fully saturated rings. The first-order valence-corrected chi connectivity index (χ1v) is 5.35. The number of hydrogen-bond acceptors (Lipinski definition) is 3. The Morgan fingerprint density at radius 1 is 1.23 bits per heavy atom. The summed E-state index contributed by atoms with van der Waals surface area (Å²) in [7, 11) is 0. The van der Waals surface area contributed by atoms with Crippen LogP contribution < -0.4 is 5.32 Å². The van der Waals surface area contributed by atoms with Crippen molar-refractivity contribution in [2.45, 2.75) is 38.1 Å². The van der Waals surface area contributed by atoms with E-state index in [-0.39, 0.29) is 6.61 Å². The topological polar surface area (TPSA) is 41.5 Å². The Kier molecular flexibility index (Phi) is 6.15. The molecule has 0 atom stereocenters. The van der Waals surface area contributed by atoms with Gasteiger partial charge in [0.2, 0.25) is 0 Å². The molecule has 0 radical (unpaired) electrons. The van der Waals surface area contributed by atoms with Gasteiger partial charge in [-0.3, -0.25) is 0 Å². The van der Waals surface area contributed by atoms with E-state index >= 15 is 0 Å². The molecule has 0 aliphatic heterocycles. The maximum absolute atomic E-state index is 8.50. The van der Waals surface area contributed by atoms with E-state index in [0.717, 1.165) is 25.6 Å². The quantitative estimate of drug-likeness (QED) is 0.582. The van der Waals surface area contributed by atoms with Gasteiger partial charge in [0, 0.05) is 25.8 Å². The zero-order valence-electron chi connectivity index (χ0n) is 8.30. The van der Waals surface area contributed by atoms with Crippen LogP contribution in [0.4, 0.5) is 0 Å². The largest absolute Gasteiger partial charge is 0.396 e. The standard InChI is InChI=1S/C10H21NO2/c12-7-3-8-13-9-6-11-10-4-1-2-5-10/h10-12H,1-9H2. The van der Waals surface area contributed by atoms with Gasteiger partial charge in [-0.05, 0) is 19.3 Å². The van der Waals surface area contributed by atoms with E-state index in [1.807, 2.05) is 0 Å². The van der Waals surface area contributed by atoms with Gasteiger partial charge in [0.05, 0.1) is 6.61 Å². The molecule has 0 aromatic carbocycles. The van der Waals surface area contributed by atoms with E-state index in [1.165, 1.54) is 25.7 Å². The maximum Gasteiger partial charge on any atom is 0.0591 e. The Hall–Kier alpha value is -0.120. The number of rotatable bonds is 7. The van der Waals surface area contributed by atoms with Gasteiger partial charge in [0.25, 0.3) is 0 Å². The summed E-state index contributed by atoms with van der Waals surface area (Å²) in [6, 6.07) is 0.737. The summed E-state index contributed by atoms with van der Waals surface area (Å²) < 4.78 is 5.31. The van der Waals surface area contributed by atoms with Crippen molar-refractivity contribution in [3.05, 3.63) is 0 Å². The van der Waals surface area contributed by atoms with Gasteiger partial charge in [0.1, 0.15) is 0 Å². The lowest BCUT2D eigenvalue weighted by atomic mass is 10.2. The lowest BCUT2D eigenvalue weighted by Gasteiger charge is -2.11. The number of aliphatic hydroxyl groups excluding tert-OH is 1. The van der Waals surface area contributed by atoms with Gasteiger partial charge < -0.3 is 15.2 Å². The van der Waals surface area contributed by atoms with Crippen molar-refractivity contribution in [2.24, 2.45) is 0 Å². The van der Waals surface area contributed by atoms with E-state index in [2.05, 4.69) is 5.32 Å². The van der Waals surface area contributed by atoms with Crippen molar-refractivity contribution < 1.29 is 9.84 Å². The number of ether oxygens (including phenoxy) is 1. The molecule has 3 heteroatoms. The third-order valence-electron chi connectivity index (χ3n) is 2.48. The first-order valence-electron chi connectivity index (χ1n) is 5.35. The van der Waals surface area contributed by atoms with Crippen LogP contribution in [0.5, 0.6) is 0 Å². The molecule has 0 aromatic rings. The molecule has 0 unspecified atom stereocenters. The summed E-state index contributed by atoms with van der Waals surface area (Å²) in [6.07, 6.45) is 6.17. The minimum absolute atomic E-state index is 0.232. The Morgan fingerprint density at radius 3 is 2.69 bits per heavy atom. The molecule has 1 rings (SSSR count). The highest BCUT2D eigenvalue weighted by molar-refractivity contribution is 4.72. The van der Waals surface area contributed by atoms with E-state index in [9.17, 15) is 0 Å². The number of nitrogens with one attached hydrogen (secondary N) is 1. The Bertz CT molecular complexity index is 113. The first kappa shape index (κ1) is 11.0. The smallest absolute Gasteiger partial charge is 0.0591 e. The summed E-state index contributed by atoms with van der Waals surface area (Å²) in [4.78, 5) is 0. The molecule has 13 heavy (non-hydrogen) atoms. The summed E-state index contributed by atoms with van der Waals surface area (Å²) in [5, 5.41) is 12.0. The Labute approximate surface area is 80.5 Å². The van der Waals surface area contributed by atoms with Crippen molar-refractivity contribution in [1.82, 2.24) is 5.32 Å². The highest BCUT2D eigenvalue weighted by Crippen LogP contribution is 2.17. The average molecular weight is 187 g/mol. The molecule has 78 valence electrons. The molecule has 1 aliphatic rings. The normalized spacial score (nSPS) is 18.2. The van der Waals surface area contributed by atoms with Gasteiger partial charge in [-0.1, -0.05) is 12.8 Å². The molecule has 0 heterocycles. The van der Waals surface area contributed by atoms with Crippen molar-refractivity contribution in [3.8, 4) is 0 Å². The molecular formula is C10H21NO2. The van der Waals surface area contributed by atoms with Gasteiger partial charge in [-0.25, -0.2) is 0 Å². The monoisotopic (exact) mass is 187 g/mol. The second-order valence-electron chi connectivity index (χ2n) is 3.63. The summed E-state index contributed by atoms with van der Waals surface area (Å²) in [5.41, 5.74) is 0. The zero-order valence-corrected chi connectivity index (χ0v) is 8.30. The summed E-state index contributed by atoms with van der Waals surface area (Å²) >= 11 is 0. The third-order valence-corrected chi connectivity index (χ3v) is 2.48. The van der Waals surface area contributed by atoms with Crippen LogP contribution in [0.1, 0.15) is 32.1 Å². The van der Waals surface area contributed by atoms with Gasteiger partial charge in [-0.2, -0.15) is 0 Å². The molecule has 1 aliphatic carbocycles. The first-order chi connectivity index (χ1) is 6.43. The van der Waals surface area contributed by atoms with E-state index in [4.69, 9.17) is 9.84 Å². The van der Waals surface area contributed by atoms with Gasteiger partial charge in [0.15, 0.2) is 0 Å². The fourth-order valence-corrected chi connectivity index (χ4v) is 1.73. The highest BCUT2D eigenvalue weighted by Gasteiger charge is 2.12.